The summed E-state index contributed by atoms with van der Waals surface area (Å²) in [5, 5.41) is 8.93. The molecule has 15 heavy (non-hydrogen) atoms. The number of alkyl halides is 1. The molecule has 0 aliphatic heterocycles. The van der Waals surface area contributed by atoms with Crippen LogP contribution >= 0.6 is 11.6 Å². The molecule has 0 aromatic heterocycles. The second-order valence-corrected chi connectivity index (χ2v) is 4.09. The second kappa shape index (κ2) is 3.74. The Morgan fingerprint density at radius 3 is 2.93 bits per heavy atom. The van der Waals surface area contributed by atoms with Crippen molar-refractivity contribution in [2.45, 2.75) is 18.2 Å². The highest BCUT2D eigenvalue weighted by atomic mass is 35.5. The van der Waals surface area contributed by atoms with E-state index in [2.05, 4.69) is 0 Å². The number of hydrogen-bond acceptors (Lipinski definition) is 2. The zero-order valence-corrected chi connectivity index (χ0v) is 9.04. The lowest BCUT2D eigenvalue weighted by Gasteiger charge is -2.09. The van der Waals surface area contributed by atoms with Gasteiger partial charge in [-0.3, -0.25) is 0 Å². The number of aromatic carboxylic acids is 1. The van der Waals surface area contributed by atoms with Gasteiger partial charge in [0.05, 0.1) is 12.5 Å². The van der Waals surface area contributed by atoms with Gasteiger partial charge in [-0.25, -0.2) is 4.79 Å². The van der Waals surface area contributed by atoms with Crippen molar-refractivity contribution in [1.82, 2.24) is 0 Å². The molecule has 0 amide bonds. The number of carboxylic acid groups (broad SMARTS) is 1. The minimum Gasteiger partial charge on any atom is -0.496 e. The van der Waals surface area contributed by atoms with Crippen LogP contribution in [0.2, 0.25) is 0 Å². The first-order valence-corrected chi connectivity index (χ1v) is 5.15. The zero-order valence-electron chi connectivity index (χ0n) is 8.29. The number of methoxy groups -OCH3 is 1. The van der Waals surface area contributed by atoms with Gasteiger partial charge in [0.2, 0.25) is 0 Å². The van der Waals surface area contributed by atoms with Crippen molar-refractivity contribution < 1.29 is 14.6 Å². The molecule has 0 saturated heterocycles. The third kappa shape index (κ3) is 1.67. The smallest absolute Gasteiger partial charge is 0.339 e. The van der Waals surface area contributed by atoms with Crippen molar-refractivity contribution in [3.8, 4) is 5.75 Å². The normalized spacial score (nSPS) is 18.7. The average Bonchev–Trinajstić information content (AvgIpc) is 2.58. The second-order valence-electron chi connectivity index (χ2n) is 3.56. The molecule has 1 aliphatic carbocycles. The maximum atomic E-state index is 11.0. The van der Waals surface area contributed by atoms with Crippen LogP contribution in [-0.2, 0) is 6.42 Å². The van der Waals surface area contributed by atoms with E-state index in [9.17, 15) is 4.79 Å². The van der Waals surface area contributed by atoms with Gasteiger partial charge in [0.25, 0.3) is 0 Å². The molecule has 0 fully saturated rings. The van der Waals surface area contributed by atoms with Crippen LogP contribution < -0.4 is 4.74 Å². The number of aryl methyl sites for hydroxylation is 1. The highest BCUT2D eigenvalue weighted by Gasteiger charge is 2.24. The van der Waals surface area contributed by atoms with Crippen LogP contribution in [-0.4, -0.2) is 18.2 Å². The molecule has 3 nitrogen and oxygen atoms in total. The number of benzene rings is 1. The number of fused-ring (bicyclic) bond motifs is 1. The third-order valence-electron chi connectivity index (χ3n) is 2.70. The first kappa shape index (κ1) is 10.3. The molecule has 2 rings (SSSR count). The first-order chi connectivity index (χ1) is 7.13. The molecular formula is C11H11ClO3. The Hall–Kier alpha value is -1.22. The standard InChI is InChI=1S/C11H11ClO3/c1-15-10-4-6-2-3-9(12)7(6)5-8(10)11(13)14/h4-5,9H,2-3H2,1H3,(H,13,14). The van der Waals surface area contributed by atoms with Gasteiger partial charge in [0, 0.05) is 0 Å². The monoisotopic (exact) mass is 226 g/mol. The highest BCUT2D eigenvalue weighted by molar-refractivity contribution is 6.21. The fourth-order valence-corrected chi connectivity index (χ4v) is 2.23. The summed E-state index contributed by atoms with van der Waals surface area (Å²) in [6.45, 7) is 0. The fraction of sp³-hybridized carbons (Fsp3) is 0.364. The first-order valence-electron chi connectivity index (χ1n) is 4.71. The van der Waals surface area contributed by atoms with Crippen molar-refractivity contribution in [3.63, 3.8) is 0 Å². The van der Waals surface area contributed by atoms with Crippen molar-refractivity contribution >= 4 is 17.6 Å². The summed E-state index contributed by atoms with van der Waals surface area (Å²) in [5.74, 6) is -0.572. The molecule has 0 saturated carbocycles. The Balaban J connectivity index is 2.56. The molecular weight excluding hydrogens is 216 g/mol. The van der Waals surface area contributed by atoms with E-state index >= 15 is 0 Å². The van der Waals surface area contributed by atoms with Crippen molar-refractivity contribution in [1.29, 1.82) is 0 Å². The summed E-state index contributed by atoms with van der Waals surface area (Å²) in [5.41, 5.74) is 2.20. The SMILES string of the molecule is COc1cc2c(cc1C(=O)O)C(Cl)CC2. The summed E-state index contributed by atoms with van der Waals surface area (Å²) in [4.78, 5) is 11.0. The highest BCUT2D eigenvalue weighted by Crippen LogP contribution is 2.39. The number of carboxylic acids is 1. The van der Waals surface area contributed by atoms with Gasteiger partial charge < -0.3 is 9.84 Å². The third-order valence-corrected chi connectivity index (χ3v) is 3.15. The van der Waals surface area contributed by atoms with Gasteiger partial charge in [-0.2, -0.15) is 0 Å². The minimum absolute atomic E-state index is 0.0657. The predicted octanol–water partition coefficient (Wildman–Crippen LogP) is 2.62. The minimum atomic E-state index is -0.981. The van der Waals surface area contributed by atoms with Crippen molar-refractivity contribution in [2.24, 2.45) is 0 Å². The van der Waals surface area contributed by atoms with Crippen LogP contribution in [0.3, 0.4) is 0 Å². The molecule has 1 atom stereocenters. The number of ether oxygens (including phenoxy) is 1. The van der Waals surface area contributed by atoms with E-state index in [0.29, 0.717) is 5.75 Å². The summed E-state index contributed by atoms with van der Waals surface area (Å²) in [7, 11) is 1.47. The van der Waals surface area contributed by atoms with E-state index in [1.807, 2.05) is 0 Å². The molecule has 0 radical (unpaired) electrons. The molecule has 0 heterocycles. The number of halogens is 1. The topological polar surface area (TPSA) is 46.5 Å². The lowest BCUT2D eigenvalue weighted by molar-refractivity contribution is 0.0693. The van der Waals surface area contributed by atoms with Gasteiger partial charge in [-0.05, 0) is 36.1 Å². The van der Waals surface area contributed by atoms with Crippen LogP contribution in [0, 0.1) is 0 Å². The molecule has 0 spiro atoms. The molecule has 1 unspecified atom stereocenters. The summed E-state index contributed by atoms with van der Waals surface area (Å²) in [6.07, 6.45) is 1.75. The Morgan fingerprint density at radius 1 is 1.60 bits per heavy atom. The summed E-state index contributed by atoms with van der Waals surface area (Å²) in [6, 6.07) is 3.41. The number of carbonyl (C=O) groups is 1. The van der Waals surface area contributed by atoms with E-state index in [0.717, 1.165) is 24.0 Å². The van der Waals surface area contributed by atoms with Gasteiger partial charge in [0.15, 0.2) is 0 Å². The lowest BCUT2D eigenvalue weighted by atomic mass is 10.1. The number of rotatable bonds is 2. The fourth-order valence-electron chi connectivity index (χ4n) is 1.92. The van der Waals surface area contributed by atoms with E-state index < -0.39 is 5.97 Å². The van der Waals surface area contributed by atoms with Gasteiger partial charge >= 0.3 is 5.97 Å². The van der Waals surface area contributed by atoms with Crippen LogP contribution in [0.25, 0.3) is 0 Å². The Kier molecular flexibility index (Phi) is 2.57. The molecule has 1 N–H and O–H groups in total. The van der Waals surface area contributed by atoms with E-state index in [-0.39, 0.29) is 10.9 Å². The van der Waals surface area contributed by atoms with Gasteiger partial charge in [0.1, 0.15) is 11.3 Å². The van der Waals surface area contributed by atoms with Gasteiger partial charge in [-0.1, -0.05) is 0 Å². The quantitative estimate of drug-likeness (QED) is 0.789. The number of hydrogen-bond donors (Lipinski definition) is 1. The van der Waals surface area contributed by atoms with E-state index in [1.165, 1.54) is 7.11 Å². The maximum Gasteiger partial charge on any atom is 0.339 e. The summed E-state index contributed by atoms with van der Waals surface area (Å²) >= 11 is 6.08. The van der Waals surface area contributed by atoms with Crippen molar-refractivity contribution in [3.05, 3.63) is 28.8 Å². The Labute approximate surface area is 92.6 Å². The molecule has 1 aliphatic rings. The molecule has 4 heteroatoms. The average molecular weight is 227 g/mol. The van der Waals surface area contributed by atoms with E-state index in [4.69, 9.17) is 21.4 Å². The van der Waals surface area contributed by atoms with Crippen molar-refractivity contribution in [2.75, 3.05) is 7.11 Å². The van der Waals surface area contributed by atoms with Crippen LogP contribution in [0.1, 0.15) is 33.3 Å². The largest absolute Gasteiger partial charge is 0.496 e. The molecule has 0 bridgehead atoms. The molecule has 1 aromatic carbocycles. The molecule has 1 aromatic rings. The zero-order chi connectivity index (χ0) is 11.0. The lowest BCUT2D eigenvalue weighted by Crippen LogP contribution is -2.02. The Morgan fingerprint density at radius 2 is 2.33 bits per heavy atom. The maximum absolute atomic E-state index is 11.0. The van der Waals surface area contributed by atoms with E-state index in [1.54, 1.807) is 12.1 Å². The van der Waals surface area contributed by atoms with Crippen LogP contribution in [0.5, 0.6) is 5.75 Å². The van der Waals surface area contributed by atoms with Crippen LogP contribution in [0.15, 0.2) is 12.1 Å². The Bertz CT molecular complexity index is 415. The predicted molar refractivity (Wildman–Crippen MR) is 56.9 cm³/mol. The summed E-state index contributed by atoms with van der Waals surface area (Å²) < 4.78 is 5.04. The molecule has 80 valence electrons. The van der Waals surface area contributed by atoms with Crippen LogP contribution in [0.4, 0.5) is 0 Å². The van der Waals surface area contributed by atoms with Gasteiger partial charge in [-0.15, -0.1) is 11.6 Å².